The van der Waals surface area contributed by atoms with Gasteiger partial charge in [0.05, 0.1) is 11.8 Å². The summed E-state index contributed by atoms with van der Waals surface area (Å²) in [6, 6.07) is 6.34. The molecule has 0 aliphatic heterocycles. The van der Waals surface area contributed by atoms with Crippen molar-refractivity contribution in [2.45, 2.75) is 26.1 Å². The quantitative estimate of drug-likeness (QED) is 0.860. The Balaban J connectivity index is 2.02. The highest BCUT2D eigenvalue weighted by Gasteiger charge is 2.29. The summed E-state index contributed by atoms with van der Waals surface area (Å²) in [5.74, 6) is 0.175. The smallest absolute Gasteiger partial charge is 0.307 e. The number of carbonyl (C=O) groups excluding carboxylic acids is 1. The van der Waals surface area contributed by atoms with E-state index in [1.807, 2.05) is 13.8 Å². The molecule has 23 heavy (non-hydrogen) atoms. The molecule has 1 aromatic carbocycles. The van der Waals surface area contributed by atoms with Gasteiger partial charge in [-0.3, -0.25) is 4.79 Å². The molecule has 2 rings (SSSR count). The summed E-state index contributed by atoms with van der Waals surface area (Å²) in [7, 11) is 0. The van der Waals surface area contributed by atoms with Crippen LogP contribution in [0, 0.1) is 0 Å². The van der Waals surface area contributed by atoms with Crippen LogP contribution in [-0.2, 0) is 11.0 Å². The third-order valence-corrected chi connectivity index (χ3v) is 3.08. The second-order valence-electron chi connectivity index (χ2n) is 5.20. The summed E-state index contributed by atoms with van der Waals surface area (Å²) < 4.78 is 39.0. The fourth-order valence-corrected chi connectivity index (χ4v) is 1.95. The summed E-state index contributed by atoms with van der Waals surface area (Å²) in [5, 5.41) is 6.76. The van der Waals surface area contributed by atoms with E-state index in [9.17, 15) is 18.0 Å². The van der Waals surface area contributed by atoms with Crippen LogP contribution in [0.25, 0.3) is 6.08 Å². The van der Waals surface area contributed by atoms with Crippen molar-refractivity contribution in [2.75, 3.05) is 5.32 Å². The number of aromatic nitrogens is 2. The number of halogens is 3. The largest absolute Gasteiger partial charge is 0.416 e. The molecule has 0 aliphatic rings. The zero-order valence-corrected chi connectivity index (χ0v) is 12.6. The Kier molecular flexibility index (Phi) is 4.88. The normalized spacial score (nSPS) is 12.1. The Bertz CT molecular complexity index is 700. The van der Waals surface area contributed by atoms with Gasteiger partial charge >= 0.3 is 6.18 Å². The van der Waals surface area contributed by atoms with Crippen LogP contribution in [0.2, 0.25) is 0 Å². The van der Waals surface area contributed by atoms with Crippen molar-refractivity contribution in [2.24, 2.45) is 0 Å². The zero-order chi connectivity index (χ0) is 17.0. The molecule has 0 saturated heterocycles. The molecule has 1 heterocycles. The van der Waals surface area contributed by atoms with Crippen LogP contribution in [0.15, 0.2) is 42.6 Å². The Morgan fingerprint density at radius 1 is 1.22 bits per heavy atom. The second kappa shape index (κ2) is 6.68. The molecule has 4 nitrogen and oxygen atoms in total. The van der Waals surface area contributed by atoms with Crippen molar-refractivity contribution in [1.82, 2.24) is 9.78 Å². The maximum Gasteiger partial charge on any atom is 0.416 e. The Hall–Kier alpha value is -2.57. The maximum absolute atomic E-state index is 12.5. The molecule has 0 aliphatic carbocycles. The fourth-order valence-electron chi connectivity index (χ4n) is 1.95. The van der Waals surface area contributed by atoms with E-state index >= 15 is 0 Å². The summed E-state index contributed by atoms with van der Waals surface area (Å²) in [6.07, 6.45) is -0.0735. The number of hydrogen-bond acceptors (Lipinski definition) is 2. The van der Waals surface area contributed by atoms with Crippen LogP contribution in [-0.4, -0.2) is 15.7 Å². The number of carbonyl (C=O) groups is 1. The highest BCUT2D eigenvalue weighted by molar-refractivity contribution is 6.01. The van der Waals surface area contributed by atoms with E-state index < -0.39 is 11.7 Å². The molecule has 1 aromatic heterocycles. The Morgan fingerprint density at radius 2 is 1.87 bits per heavy atom. The number of hydrogen-bond donors (Lipinski definition) is 1. The molecule has 0 unspecified atom stereocenters. The monoisotopic (exact) mass is 323 g/mol. The number of amides is 1. The molecule has 7 heteroatoms. The van der Waals surface area contributed by atoms with Crippen molar-refractivity contribution in [3.63, 3.8) is 0 Å². The molecule has 1 N–H and O–H groups in total. The lowest BCUT2D eigenvalue weighted by molar-refractivity contribution is -0.137. The number of rotatable bonds is 4. The highest BCUT2D eigenvalue weighted by Crippen LogP contribution is 2.29. The van der Waals surface area contributed by atoms with Crippen molar-refractivity contribution in [3.05, 3.63) is 53.7 Å². The van der Waals surface area contributed by atoms with Gasteiger partial charge in [-0.15, -0.1) is 0 Å². The summed E-state index contributed by atoms with van der Waals surface area (Å²) in [4.78, 5) is 11.9. The second-order valence-corrected chi connectivity index (χ2v) is 5.20. The molecule has 0 spiro atoms. The molecule has 2 aromatic rings. The average Bonchev–Trinajstić information content (AvgIpc) is 2.93. The third kappa shape index (κ3) is 4.45. The van der Waals surface area contributed by atoms with Crippen molar-refractivity contribution < 1.29 is 18.0 Å². The Labute approximate surface area is 131 Å². The standard InChI is InChI=1S/C16H16F3N3O/c1-11(2)22-14(9-10-20-22)21-15(23)8-5-12-3-6-13(7-4-12)16(17,18)19/h3-11H,1-2H3,(H,21,23). The first-order valence-electron chi connectivity index (χ1n) is 6.97. The predicted octanol–water partition coefficient (Wildman–Crippen LogP) is 4.13. The van der Waals surface area contributed by atoms with Gasteiger partial charge in [0, 0.05) is 18.2 Å². The van der Waals surface area contributed by atoms with Crippen LogP contribution in [0.5, 0.6) is 0 Å². The van der Waals surface area contributed by atoms with E-state index in [1.165, 1.54) is 24.3 Å². The summed E-state index contributed by atoms with van der Waals surface area (Å²) in [5.41, 5.74) is -0.217. The van der Waals surface area contributed by atoms with E-state index in [-0.39, 0.29) is 11.9 Å². The van der Waals surface area contributed by atoms with E-state index in [4.69, 9.17) is 0 Å². The van der Waals surface area contributed by atoms with Crippen LogP contribution >= 0.6 is 0 Å². The van der Waals surface area contributed by atoms with Gasteiger partial charge in [0.25, 0.3) is 0 Å². The third-order valence-electron chi connectivity index (χ3n) is 3.08. The summed E-state index contributed by atoms with van der Waals surface area (Å²) in [6.45, 7) is 3.86. The molecule has 0 fully saturated rings. The van der Waals surface area contributed by atoms with Gasteiger partial charge < -0.3 is 5.32 Å². The van der Waals surface area contributed by atoms with Gasteiger partial charge in [-0.1, -0.05) is 12.1 Å². The predicted molar refractivity (Wildman–Crippen MR) is 81.7 cm³/mol. The number of nitrogens with one attached hydrogen (secondary N) is 1. The minimum atomic E-state index is -4.37. The lowest BCUT2D eigenvalue weighted by atomic mass is 10.1. The van der Waals surface area contributed by atoms with Crippen molar-refractivity contribution >= 4 is 17.8 Å². The number of anilines is 1. The van der Waals surface area contributed by atoms with Crippen LogP contribution in [0.1, 0.15) is 31.0 Å². The molecule has 1 amide bonds. The van der Waals surface area contributed by atoms with E-state index in [0.717, 1.165) is 12.1 Å². The Morgan fingerprint density at radius 3 is 2.43 bits per heavy atom. The van der Waals surface area contributed by atoms with Crippen molar-refractivity contribution in [1.29, 1.82) is 0 Å². The first-order valence-corrected chi connectivity index (χ1v) is 6.97. The number of nitrogens with zero attached hydrogens (tertiary/aromatic N) is 2. The van der Waals surface area contributed by atoms with Gasteiger partial charge in [0.1, 0.15) is 5.82 Å². The first-order chi connectivity index (χ1) is 10.8. The lowest BCUT2D eigenvalue weighted by Crippen LogP contribution is -2.14. The minimum absolute atomic E-state index is 0.0965. The molecule has 0 saturated carbocycles. The van der Waals surface area contributed by atoms with Gasteiger partial charge in [0.15, 0.2) is 0 Å². The first kappa shape index (κ1) is 16.8. The SMILES string of the molecule is CC(C)n1nccc1NC(=O)C=Cc1ccc(C(F)(F)F)cc1. The number of alkyl halides is 3. The van der Waals surface area contributed by atoms with Gasteiger partial charge in [-0.2, -0.15) is 18.3 Å². The van der Waals surface area contributed by atoms with Gasteiger partial charge in [0.2, 0.25) is 5.91 Å². The van der Waals surface area contributed by atoms with Crippen molar-refractivity contribution in [3.8, 4) is 0 Å². The molecular weight excluding hydrogens is 307 g/mol. The van der Waals surface area contributed by atoms with E-state index in [2.05, 4.69) is 10.4 Å². The van der Waals surface area contributed by atoms with Gasteiger partial charge in [-0.25, -0.2) is 4.68 Å². The van der Waals surface area contributed by atoms with Crippen LogP contribution in [0.4, 0.5) is 19.0 Å². The molecule has 0 bridgehead atoms. The molecule has 122 valence electrons. The van der Waals surface area contributed by atoms with E-state index in [0.29, 0.717) is 11.4 Å². The van der Waals surface area contributed by atoms with Gasteiger partial charge in [-0.05, 0) is 37.6 Å². The topological polar surface area (TPSA) is 46.9 Å². The zero-order valence-electron chi connectivity index (χ0n) is 12.6. The average molecular weight is 323 g/mol. The summed E-state index contributed by atoms with van der Waals surface area (Å²) >= 11 is 0. The van der Waals surface area contributed by atoms with Crippen LogP contribution in [0.3, 0.4) is 0 Å². The molecular formula is C16H16F3N3O. The highest BCUT2D eigenvalue weighted by atomic mass is 19.4. The number of benzene rings is 1. The molecule has 0 atom stereocenters. The minimum Gasteiger partial charge on any atom is -0.307 e. The van der Waals surface area contributed by atoms with Crippen LogP contribution < -0.4 is 5.32 Å². The van der Waals surface area contributed by atoms with E-state index in [1.54, 1.807) is 16.9 Å². The molecule has 0 radical (unpaired) electrons. The maximum atomic E-state index is 12.5. The lowest BCUT2D eigenvalue weighted by Gasteiger charge is -2.10. The fraction of sp³-hybridized carbons (Fsp3) is 0.250.